The van der Waals surface area contributed by atoms with E-state index in [0.29, 0.717) is 17.4 Å². The zero-order valence-corrected chi connectivity index (χ0v) is 12.0. The Hall–Kier alpha value is -1.58. The number of anilines is 1. The van der Waals surface area contributed by atoms with E-state index in [1.165, 1.54) is 19.3 Å². The van der Waals surface area contributed by atoms with Gasteiger partial charge in [-0.2, -0.15) is 0 Å². The molecular weight excluding hydrogens is 236 g/mol. The van der Waals surface area contributed by atoms with Crippen molar-refractivity contribution in [2.45, 2.75) is 52.5 Å². The molecule has 2 aromatic rings. The van der Waals surface area contributed by atoms with Crippen molar-refractivity contribution in [1.82, 2.24) is 14.5 Å². The van der Waals surface area contributed by atoms with Gasteiger partial charge in [-0.05, 0) is 43.2 Å². The molecule has 3 rings (SSSR count). The quantitative estimate of drug-likeness (QED) is 0.852. The van der Waals surface area contributed by atoms with Crippen molar-refractivity contribution in [2.75, 3.05) is 5.73 Å². The lowest BCUT2D eigenvalue weighted by atomic mass is 9.75. The molecule has 4 nitrogen and oxygen atoms in total. The number of nitrogen functional groups attached to an aromatic ring is 1. The summed E-state index contributed by atoms with van der Waals surface area (Å²) in [4.78, 5) is 9.02. The molecule has 2 N–H and O–H groups in total. The van der Waals surface area contributed by atoms with Crippen molar-refractivity contribution in [3.63, 3.8) is 0 Å². The summed E-state index contributed by atoms with van der Waals surface area (Å²) < 4.78 is 2.15. The highest BCUT2D eigenvalue weighted by atomic mass is 15.2. The highest BCUT2D eigenvalue weighted by Crippen LogP contribution is 2.42. The van der Waals surface area contributed by atoms with Gasteiger partial charge in [-0.15, -0.1) is 0 Å². The van der Waals surface area contributed by atoms with Crippen LogP contribution in [0, 0.1) is 12.3 Å². The third kappa shape index (κ3) is 2.20. The van der Waals surface area contributed by atoms with Gasteiger partial charge in [0.2, 0.25) is 5.95 Å². The molecule has 2 aromatic heterocycles. The molecule has 0 bridgehead atoms. The van der Waals surface area contributed by atoms with Crippen LogP contribution in [-0.4, -0.2) is 14.5 Å². The van der Waals surface area contributed by atoms with E-state index in [1.807, 2.05) is 13.1 Å². The summed E-state index contributed by atoms with van der Waals surface area (Å²) >= 11 is 0. The molecule has 0 spiro atoms. The second-order valence-electron chi connectivity index (χ2n) is 6.61. The molecule has 19 heavy (non-hydrogen) atoms. The Morgan fingerprint density at radius 1 is 1.42 bits per heavy atom. The number of nitrogens with zero attached hydrogens (tertiary/aromatic N) is 3. The second-order valence-corrected chi connectivity index (χ2v) is 6.61. The van der Waals surface area contributed by atoms with E-state index in [0.717, 1.165) is 23.1 Å². The number of nitrogens with two attached hydrogens (primary N) is 1. The number of rotatable bonds is 1. The van der Waals surface area contributed by atoms with Crippen molar-refractivity contribution in [3.8, 4) is 0 Å². The molecule has 4 heteroatoms. The number of hydrogen-bond acceptors (Lipinski definition) is 3. The molecule has 102 valence electrons. The first-order valence-corrected chi connectivity index (χ1v) is 7.06. The average molecular weight is 258 g/mol. The predicted molar refractivity (Wildman–Crippen MR) is 78.0 cm³/mol. The first-order chi connectivity index (χ1) is 8.96. The van der Waals surface area contributed by atoms with Crippen LogP contribution < -0.4 is 5.73 Å². The van der Waals surface area contributed by atoms with Crippen LogP contribution in [-0.2, 0) is 0 Å². The monoisotopic (exact) mass is 258 g/mol. The fourth-order valence-electron chi connectivity index (χ4n) is 3.34. The first kappa shape index (κ1) is 12.5. The van der Waals surface area contributed by atoms with E-state index in [9.17, 15) is 0 Å². The van der Waals surface area contributed by atoms with Gasteiger partial charge in [0.05, 0.1) is 0 Å². The molecule has 1 aliphatic rings. The number of aryl methyl sites for hydroxylation is 1. The van der Waals surface area contributed by atoms with Gasteiger partial charge in [0.15, 0.2) is 5.65 Å². The van der Waals surface area contributed by atoms with E-state index in [1.54, 1.807) is 0 Å². The van der Waals surface area contributed by atoms with Crippen LogP contribution in [0.4, 0.5) is 5.95 Å². The average Bonchev–Trinajstić information content (AvgIpc) is 2.62. The molecule has 1 unspecified atom stereocenters. The van der Waals surface area contributed by atoms with Crippen LogP contribution in [0.5, 0.6) is 0 Å². The van der Waals surface area contributed by atoms with Crippen LogP contribution >= 0.6 is 0 Å². The normalized spacial score (nSPS) is 22.8. The Balaban J connectivity index is 2.07. The van der Waals surface area contributed by atoms with Gasteiger partial charge in [0.1, 0.15) is 5.52 Å². The Kier molecular flexibility index (Phi) is 2.77. The van der Waals surface area contributed by atoms with Gasteiger partial charge in [0.25, 0.3) is 0 Å². The van der Waals surface area contributed by atoms with Crippen LogP contribution in [0.15, 0.2) is 12.3 Å². The lowest BCUT2D eigenvalue weighted by Gasteiger charge is -2.36. The van der Waals surface area contributed by atoms with Crippen LogP contribution in [0.3, 0.4) is 0 Å². The minimum absolute atomic E-state index is 0.386. The van der Waals surface area contributed by atoms with Gasteiger partial charge in [0, 0.05) is 12.2 Å². The van der Waals surface area contributed by atoms with E-state index in [-0.39, 0.29) is 0 Å². The molecule has 1 saturated carbocycles. The van der Waals surface area contributed by atoms with E-state index < -0.39 is 0 Å². The predicted octanol–water partition coefficient (Wildman–Crippen LogP) is 3.46. The summed E-state index contributed by atoms with van der Waals surface area (Å²) in [7, 11) is 0. The minimum Gasteiger partial charge on any atom is -0.369 e. The molecule has 1 atom stereocenters. The summed E-state index contributed by atoms with van der Waals surface area (Å²) in [5, 5.41) is 0. The maximum atomic E-state index is 6.13. The Morgan fingerprint density at radius 3 is 2.95 bits per heavy atom. The first-order valence-electron chi connectivity index (χ1n) is 7.06. The third-order valence-electron chi connectivity index (χ3n) is 4.24. The van der Waals surface area contributed by atoms with Gasteiger partial charge >= 0.3 is 0 Å². The molecule has 2 heterocycles. The number of pyridine rings is 1. The lowest BCUT2D eigenvalue weighted by molar-refractivity contribution is 0.186. The van der Waals surface area contributed by atoms with E-state index >= 15 is 0 Å². The van der Waals surface area contributed by atoms with Crippen LogP contribution in [0.25, 0.3) is 11.2 Å². The zero-order chi connectivity index (χ0) is 13.6. The Bertz CT molecular complexity index is 612. The fourth-order valence-corrected chi connectivity index (χ4v) is 3.34. The Morgan fingerprint density at radius 2 is 2.21 bits per heavy atom. The molecule has 0 amide bonds. The molecule has 0 aromatic carbocycles. The van der Waals surface area contributed by atoms with Gasteiger partial charge in [-0.3, -0.25) is 4.57 Å². The maximum Gasteiger partial charge on any atom is 0.202 e. The van der Waals surface area contributed by atoms with Crippen molar-refractivity contribution in [1.29, 1.82) is 0 Å². The summed E-state index contributed by atoms with van der Waals surface area (Å²) in [5.74, 6) is 0.607. The SMILES string of the molecule is Cc1cnc2c(c1)nc(N)n2C1CCCC(C)(C)C1. The topological polar surface area (TPSA) is 56.7 Å². The molecular formula is C15H22N4. The minimum atomic E-state index is 0.386. The fraction of sp³-hybridized carbons (Fsp3) is 0.600. The second kappa shape index (κ2) is 4.22. The van der Waals surface area contributed by atoms with Gasteiger partial charge < -0.3 is 5.73 Å². The molecule has 1 fully saturated rings. The molecule has 0 aliphatic heterocycles. The third-order valence-corrected chi connectivity index (χ3v) is 4.24. The van der Waals surface area contributed by atoms with E-state index in [4.69, 9.17) is 5.73 Å². The smallest absolute Gasteiger partial charge is 0.202 e. The molecule has 1 aliphatic carbocycles. The largest absolute Gasteiger partial charge is 0.369 e. The number of aromatic nitrogens is 3. The maximum absolute atomic E-state index is 6.13. The van der Waals surface area contributed by atoms with Crippen LogP contribution in [0.1, 0.15) is 51.1 Å². The number of imidazole rings is 1. The van der Waals surface area contributed by atoms with Crippen molar-refractivity contribution in [2.24, 2.45) is 5.41 Å². The standard InChI is InChI=1S/C15H22N4/c1-10-7-12-13(17-9-10)19(14(16)18-12)11-5-4-6-15(2,3)8-11/h7,9,11H,4-6,8H2,1-3H3,(H2,16,18). The summed E-state index contributed by atoms with van der Waals surface area (Å²) in [6.07, 6.45) is 6.77. The number of fused-ring (bicyclic) bond motifs is 1. The van der Waals surface area contributed by atoms with Gasteiger partial charge in [-0.1, -0.05) is 20.3 Å². The van der Waals surface area contributed by atoms with Crippen LogP contribution in [0.2, 0.25) is 0 Å². The summed E-state index contributed by atoms with van der Waals surface area (Å²) in [6, 6.07) is 2.49. The lowest BCUT2D eigenvalue weighted by Crippen LogP contribution is -2.25. The Labute approximate surface area is 114 Å². The van der Waals surface area contributed by atoms with Gasteiger partial charge in [-0.25, -0.2) is 9.97 Å². The summed E-state index contributed by atoms with van der Waals surface area (Å²) in [5.41, 5.74) is 9.50. The van der Waals surface area contributed by atoms with Crippen molar-refractivity contribution in [3.05, 3.63) is 17.8 Å². The highest BCUT2D eigenvalue weighted by molar-refractivity contribution is 5.74. The van der Waals surface area contributed by atoms with Crippen molar-refractivity contribution >= 4 is 17.1 Å². The van der Waals surface area contributed by atoms with Crippen molar-refractivity contribution < 1.29 is 0 Å². The molecule has 0 saturated heterocycles. The highest BCUT2D eigenvalue weighted by Gasteiger charge is 2.30. The molecule has 0 radical (unpaired) electrons. The zero-order valence-electron chi connectivity index (χ0n) is 12.0. The summed E-state index contributed by atoms with van der Waals surface area (Å²) in [6.45, 7) is 6.71. The van der Waals surface area contributed by atoms with E-state index in [2.05, 4.69) is 34.4 Å². The number of hydrogen-bond donors (Lipinski definition) is 1.